The topological polar surface area (TPSA) is 86.2 Å². The maximum atomic E-state index is 12.1. The number of benzene rings is 1. The molecule has 3 rings (SSSR count). The Morgan fingerprint density at radius 3 is 2.46 bits per heavy atom. The standard InChI is InChI=1S/C18H15N3O3/c1-24-13-7-5-12(6-8-13)15-16(21-9-3-2-4-10-21)17(22)14(11-19)18(23)20-15/h2-10,15-16H,1H3,(H-,20,22,23)/p+1/t15-,16-/m1/s1. The number of pyridine rings is 1. The number of methoxy groups -OCH3 is 1. The first kappa shape index (κ1) is 15.6. The van der Waals surface area contributed by atoms with Crippen LogP contribution in [0.3, 0.4) is 0 Å². The summed E-state index contributed by atoms with van der Waals surface area (Å²) in [6.07, 6.45) is 3.56. The molecule has 0 aliphatic carbocycles. The van der Waals surface area contributed by atoms with E-state index in [2.05, 4.69) is 5.32 Å². The van der Waals surface area contributed by atoms with Gasteiger partial charge in [-0.05, 0) is 17.7 Å². The Morgan fingerprint density at radius 2 is 1.88 bits per heavy atom. The van der Waals surface area contributed by atoms with Gasteiger partial charge in [-0.25, -0.2) is 0 Å². The largest absolute Gasteiger partial charge is 0.505 e. The van der Waals surface area contributed by atoms with E-state index in [4.69, 9.17) is 10.00 Å². The number of hydrogen-bond acceptors (Lipinski definition) is 4. The lowest BCUT2D eigenvalue weighted by Crippen LogP contribution is -2.52. The van der Waals surface area contributed by atoms with E-state index in [-0.39, 0.29) is 11.3 Å². The van der Waals surface area contributed by atoms with Crippen LogP contribution in [0, 0.1) is 11.3 Å². The monoisotopic (exact) mass is 322 g/mol. The summed E-state index contributed by atoms with van der Waals surface area (Å²) < 4.78 is 6.92. The van der Waals surface area contributed by atoms with Gasteiger partial charge in [-0.2, -0.15) is 9.83 Å². The van der Waals surface area contributed by atoms with Crippen molar-refractivity contribution in [3.8, 4) is 11.8 Å². The maximum absolute atomic E-state index is 12.1. The molecule has 0 unspecified atom stereocenters. The van der Waals surface area contributed by atoms with Crippen LogP contribution in [0.5, 0.6) is 5.75 Å². The fraction of sp³-hybridized carbons (Fsp3) is 0.167. The third kappa shape index (κ3) is 2.68. The van der Waals surface area contributed by atoms with Crippen molar-refractivity contribution in [3.63, 3.8) is 0 Å². The van der Waals surface area contributed by atoms with E-state index in [1.807, 2.05) is 30.3 Å². The molecule has 2 heterocycles. The first-order valence-corrected chi connectivity index (χ1v) is 7.39. The molecule has 2 N–H and O–H groups in total. The molecule has 0 fully saturated rings. The number of ether oxygens (including phenoxy) is 1. The van der Waals surface area contributed by atoms with Crippen molar-refractivity contribution in [2.75, 3.05) is 7.11 Å². The minimum absolute atomic E-state index is 0.238. The normalized spacial score (nSPS) is 20.2. The Labute approximate surface area is 139 Å². The number of nitrogens with zero attached hydrogens (tertiary/aromatic N) is 2. The number of nitriles is 1. The Bertz CT molecular complexity index is 823. The summed E-state index contributed by atoms with van der Waals surface area (Å²) >= 11 is 0. The molecule has 2 atom stereocenters. The third-order valence-corrected chi connectivity index (χ3v) is 4.01. The van der Waals surface area contributed by atoms with Crippen LogP contribution in [-0.4, -0.2) is 18.1 Å². The summed E-state index contributed by atoms with van der Waals surface area (Å²) in [5.74, 6) is -0.121. The molecule has 24 heavy (non-hydrogen) atoms. The fourth-order valence-corrected chi connectivity index (χ4v) is 2.81. The smallest absolute Gasteiger partial charge is 0.266 e. The van der Waals surface area contributed by atoms with Gasteiger partial charge >= 0.3 is 0 Å². The van der Waals surface area contributed by atoms with Crippen molar-refractivity contribution in [2.24, 2.45) is 0 Å². The van der Waals surface area contributed by atoms with Crippen LogP contribution < -0.4 is 14.6 Å². The summed E-state index contributed by atoms with van der Waals surface area (Å²) in [4.78, 5) is 12.1. The third-order valence-electron chi connectivity index (χ3n) is 4.01. The van der Waals surface area contributed by atoms with Crippen LogP contribution in [0.1, 0.15) is 17.6 Å². The van der Waals surface area contributed by atoms with Crippen molar-refractivity contribution < 1.29 is 19.2 Å². The quantitative estimate of drug-likeness (QED) is 0.843. The van der Waals surface area contributed by atoms with Gasteiger partial charge in [0.05, 0.1) is 7.11 Å². The number of aliphatic hydroxyl groups is 1. The molecule has 0 spiro atoms. The molecule has 1 aliphatic rings. The first-order chi connectivity index (χ1) is 11.7. The number of hydrogen-bond donors (Lipinski definition) is 2. The number of carbonyl (C=O) groups excluding carboxylic acids is 1. The lowest BCUT2D eigenvalue weighted by Gasteiger charge is -2.28. The van der Waals surface area contributed by atoms with Crippen molar-refractivity contribution in [1.29, 1.82) is 5.26 Å². The van der Waals surface area contributed by atoms with Crippen LogP contribution in [0.15, 0.2) is 66.2 Å². The summed E-state index contributed by atoms with van der Waals surface area (Å²) in [5, 5.41) is 22.5. The van der Waals surface area contributed by atoms with E-state index < -0.39 is 18.0 Å². The van der Waals surface area contributed by atoms with Gasteiger partial charge in [0.15, 0.2) is 23.7 Å². The number of carbonyl (C=O) groups is 1. The van der Waals surface area contributed by atoms with Gasteiger partial charge < -0.3 is 15.2 Å². The fourth-order valence-electron chi connectivity index (χ4n) is 2.81. The van der Waals surface area contributed by atoms with Gasteiger partial charge in [0, 0.05) is 12.1 Å². The second-order valence-electron chi connectivity index (χ2n) is 5.36. The van der Waals surface area contributed by atoms with Gasteiger partial charge in [-0.3, -0.25) is 4.79 Å². The summed E-state index contributed by atoms with van der Waals surface area (Å²) in [7, 11) is 1.58. The highest BCUT2D eigenvalue weighted by atomic mass is 16.5. The molecular weight excluding hydrogens is 306 g/mol. The highest BCUT2D eigenvalue weighted by Crippen LogP contribution is 2.33. The first-order valence-electron chi connectivity index (χ1n) is 7.39. The highest BCUT2D eigenvalue weighted by molar-refractivity contribution is 5.99. The second kappa shape index (κ2) is 6.42. The van der Waals surface area contributed by atoms with Crippen molar-refractivity contribution in [2.45, 2.75) is 12.1 Å². The number of rotatable bonds is 3. The molecule has 0 saturated carbocycles. The van der Waals surface area contributed by atoms with Crippen molar-refractivity contribution >= 4 is 5.91 Å². The number of nitrogens with one attached hydrogen (secondary N) is 1. The number of amides is 1. The predicted molar refractivity (Wildman–Crippen MR) is 84.8 cm³/mol. The average molecular weight is 322 g/mol. The molecule has 0 bridgehead atoms. The van der Waals surface area contributed by atoms with Gasteiger partial charge in [-0.1, -0.05) is 18.2 Å². The Morgan fingerprint density at radius 1 is 1.21 bits per heavy atom. The molecule has 1 amide bonds. The van der Waals surface area contributed by atoms with Gasteiger partial charge in [0.1, 0.15) is 17.9 Å². The molecule has 6 nitrogen and oxygen atoms in total. The zero-order valence-corrected chi connectivity index (χ0v) is 13.0. The summed E-state index contributed by atoms with van der Waals surface area (Å²) in [6.45, 7) is 0. The Balaban J connectivity index is 2.11. The molecule has 1 aromatic heterocycles. The maximum Gasteiger partial charge on any atom is 0.266 e. The molecule has 0 radical (unpaired) electrons. The molecule has 6 heteroatoms. The van der Waals surface area contributed by atoms with Crippen molar-refractivity contribution in [3.05, 3.63) is 71.8 Å². The van der Waals surface area contributed by atoms with E-state index >= 15 is 0 Å². The van der Waals surface area contributed by atoms with Gasteiger partial charge in [0.25, 0.3) is 5.91 Å². The van der Waals surface area contributed by atoms with E-state index in [1.165, 1.54) is 0 Å². The SMILES string of the molecule is COc1ccc([C@H]2NC(=O)C(C#N)=C(O)[C@@H]2[n+]2ccccc2)cc1. The average Bonchev–Trinajstić information content (AvgIpc) is 2.62. The van der Waals surface area contributed by atoms with E-state index in [0.29, 0.717) is 5.75 Å². The lowest BCUT2D eigenvalue weighted by molar-refractivity contribution is -0.721. The van der Waals surface area contributed by atoms with Crippen LogP contribution in [0.4, 0.5) is 0 Å². The zero-order valence-electron chi connectivity index (χ0n) is 13.0. The summed E-state index contributed by atoms with van der Waals surface area (Å²) in [5.41, 5.74) is 0.537. The second-order valence-corrected chi connectivity index (χ2v) is 5.36. The Hall–Kier alpha value is -3.33. The van der Waals surface area contributed by atoms with E-state index in [0.717, 1.165) is 5.56 Å². The Kier molecular flexibility index (Phi) is 4.17. The van der Waals surface area contributed by atoms with Crippen LogP contribution in [-0.2, 0) is 4.79 Å². The van der Waals surface area contributed by atoms with Crippen LogP contribution in [0.25, 0.3) is 0 Å². The molecule has 2 aromatic rings. The number of aromatic nitrogens is 1. The van der Waals surface area contributed by atoms with Crippen molar-refractivity contribution in [1.82, 2.24) is 5.32 Å². The number of aliphatic hydroxyl groups excluding tert-OH is 1. The minimum Gasteiger partial charge on any atom is -0.505 e. The van der Waals surface area contributed by atoms with Gasteiger partial charge in [0.2, 0.25) is 6.04 Å². The van der Waals surface area contributed by atoms with E-state index in [9.17, 15) is 9.90 Å². The molecule has 1 aliphatic heterocycles. The molecule has 120 valence electrons. The van der Waals surface area contributed by atoms with Gasteiger partial charge in [-0.15, -0.1) is 0 Å². The zero-order chi connectivity index (χ0) is 17.1. The van der Waals surface area contributed by atoms with E-state index in [1.54, 1.807) is 42.3 Å². The molecular formula is C18H16N3O3+. The predicted octanol–water partition coefficient (Wildman–Crippen LogP) is 1.73. The minimum atomic E-state index is -0.605. The highest BCUT2D eigenvalue weighted by Gasteiger charge is 2.43. The molecule has 1 aromatic carbocycles. The summed E-state index contributed by atoms with van der Waals surface area (Å²) in [6, 6.07) is 13.4. The molecule has 0 saturated heterocycles. The van der Waals surface area contributed by atoms with Crippen LogP contribution >= 0.6 is 0 Å². The lowest BCUT2D eigenvalue weighted by atomic mass is 9.91. The van der Waals surface area contributed by atoms with Crippen LogP contribution in [0.2, 0.25) is 0 Å².